The summed E-state index contributed by atoms with van der Waals surface area (Å²) in [6, 6.07) is 25.2. The maximum Gasteiger partial charge on any atom is 0.123 e. The number of likely N-dealkylation sites (tertiary alicyclic amines) is 1. The van der Waals surface area contributed by atoms with Crippen LogP contribution in [0, 0.1) is 0 Å². The van der Waals surface area contributed by atoms with E-state index in [0.717, 1.165) is 24.3 Å². The largest absolute Gasteiger partial charge is 0.508 e. The molecule has 0 aromatic heterocycles. The fourth-order valence-corrected chi connectivity index (χ4v) is 4.99. The summed E-state index contributed by atoms with van der Waals surface area (Å²) in [5.74, 6) is 1.55. The quantitative estimate of drug-likeness (QED) is 0.629. The summed E-state index contributed by atoms with van der Waals surface area (Å²) >= 11 is 0. The highest BCUT2D eigenvalue weighted by Gasteiger charge is 2.33. The molecule has 0 unspecified atom stereocenters. The Hall–Kier alpha value is -2.78. The van der Waals surface area contributed by atoms with E-state index in [1.54, 1.807) is 6.07 Å². The van der Waals surface area contributed by atoms with Crippen LogP contribution in [-0.4, -0.2) is 36.2 Å². The van der Waals surface area contributed by atoms with Crippen molar-refractivity contribution in [1.29, 1.82) is 0 Å². The first-order chi connectivity index (χ1) is 14.8. The fraction of sp³-hybridized carbons (Fsp3) is 0.333. The van der Waals surface area contributed by atoms with Crippen molar-refractivity contribution in [3.8, 4) is 11.5 Å². The molecule has 0 amide bonds. The van der Waals surface area contributed by atoms with E-state index >= 15 is 0 Å². The first-order valence-electron chi connectivity index (χ1n) is 11.1. The lowest BCUT2D eigenvalue weighted by Gasteiger charge is -2.34. The van der Waals surface area contributed by atoms with Crippen LogP contribution >= 0.6 is 0 Å². The molecule has 3 nitrogen and oxygen atoms in total. The van der Waals surface area contributed by atoms with Gasteiger partial charge in [0.2, 0.25) is 0 Å². The van der Waals surface area contributed by atoms with Crippen molar-refractivity contribution in [3.63, 3.8) is 0 Å². The Kier molecular flexibility index (Phi) is 5.46. The average molecular weight is 400 g/mol. The van der Waals surface area contributed by atoms with Crippen LogP contribution < -0.4 is 4.74 Å². The van der Waals surface area contributed by atoms with Gasteiger partial charge in [0.25, 0.3) is 0 Å². The summed E-state index contributed by atoms with van der Waals surface area (Å²) in [5.41, 5.74) is 5.02. The summed E-state index contributed by atoms with van der Waals surface area (Å²) < 4.78 is 6.10. The van der Waals surface area contributed by atoms with Gasteiger partial charge in [0.05, 0.1) is 6.61 Å². The minimum absolute atomic E-state index is 0.163. The van der Waals surface area contributed by atoms with E-state index in [-0.39, 0.29) is 11.8 Å². The van der Waals surface area contributed by atoms with Crippen molar-refractivity contribution in [1.82, 2.24) is 4.90 Å². The lowest BCUT2D eigenvalue weighted by molar-refractivity contribution is 0.248. The van der Waals surface area contributed by atoms with Gasteiger partial charge in [0, 0.05) is 23.9 Å². The second kappa shape index (κ2) is 8.53. The van der Waals surface area contributed by atoms with E-state index in [1.165, 1.54) is 42.6 Å². The molecule has 30 heavy (non-hydrogen) atoms. The van der Waals surface area contributed by atoms with Crippen LogP contribution in [0.2, 0.25) is 0 Å². The Morgan fingerprint density at radius 3 is 2.40 bits per heavy atom. The van der Waals surface area contributed by atoms with Gasteiger partial charge in [-0.15, -0.1) is 0 Å². The van der Waals surface area contributed by atoms with E-state index in [9.17, 15) is 5.11 Å². The van der Waals surface area contributed by atoms with Crippen LogP contribution in [0.15, 0.2) is 72.8 Å². The third kappa shape index (κ3) is 3.95. The Morgan fingerprint density at radius 1 is 0.867 bits per heavy atom. The minimum Gasteiger partial charge on any atom is -0.508 e. The van der Waals surface area contributed by atoms with Crippen LogP contribution in [0.4, 0.5) is 0 Å². The molecule has 2 aliphatic rings. The summed E-state index contributed by atoms with van der Waals surface area (Å²) in [4.78, 5) is 2.57. The highest BCUT2D eigenvalue weighted by Crippen LogP contribution is 2.46. The SMILES string of the molecule is Oc1ccc2c(c1)[C@H](c1ccc(CCN3CCCC3)cc1)[C@H](c1ccccc1)CO2. The molecule has 3 heteroatoms. The van der Waals surface area contributed by atoms with Crippen LogP contribution in [-0.2, 0) is 6.42 Å². The van der Waals surface area contributed by atoms with Gasteiger partial charge in [-0.05, 0) is 67.2 Å². The zero-order valence-corrected chi connectivity index (χ0v) is 17.3. The van der Waals surface area contributed by atoms with Gasteiger partial charge in [-0.1, -0.05) is 54.6 Å². The number of benzene rings is 3. The predicted molar refractivity (Wildman–Crippen MR) is 120 cm³/mol. The predicted octanol–water partition coefficient (Wildman–Crippen LogP) is 5.34. The first kappa shape index (κ1) is 19.2. The minimum atomic E-state index is 0.163. The van der Waals surface area contributed by atoms with Gasteiger partial charge in [-0.3, -0.25) is 0 Å². The molecule has 0 saturated carbocycles. The molecule has 2 atom stereocenters. The Bertz CT molecular complexity index is 978. The average Bonchev–Trinajstić information content (AvgIpc) is 3.32. The zero-order valence-electron chi connectivity index (χ0n) is 17.3. The van der Waals surface area contributed by atoms with Crippen LogP contribution in [0.5, 0.6) is 11.5 Å². The van der Waals surface area contributed by atoms with Gasteiger partial charge < -0.3 is 14.7 Å². The topological polar surface area (TPSA) is 32.7 Å². The molecule has 2 aliphatic heterocycles. The number of phenols is 1. The van der Waals surface area contributed by atoms with E-state index in [0.29, 0.717) is 12.4 Å². The highest BCUT2D eigenvalue weighted by atomic mass is 16.5. The summed E-state index contributed by atoms with van der Waals surface area (Å²) in [5, 5.41) is 10.2. The number of hydrogen-bond acceptors (Lipinski definition) is 3. The number of hydrogen-bond donors (Lipinski definition) is 1. The second-order valence-electron chi connectivity index (χ2n) is 8.57. The van der Waals surface area contributed by atoms with Crippen molar-refractivity contribution >= 4 is 0 Å². The molecule has 3 aromatic carbocycles. The van der Waals surface area contributed by atoms with Crippen LogP contribution in [0.3, 0.4) is 0 Å². The van der Waals surface area contributed by atoms with E-state index in [1.807, 2.05) is 12.1 Å². The molecule has 0 aliphatic carbocycles. The number of ether oxygens (including phenoxy) is 1. The number of aromatic hydroxyl groups is 1. The standard InChI is InChI=1S/C27H29NO2/c29-23-12-13-26-24(18-23)27(25(19-30-26)21-6-2-1-3-7-21)22-10-8-20(9-11-22)14-17-28-15-4-5-16-28/h1-3,6-13,18,25,27,29H,4-5,14-17,19H2/t25-,27-/m0/s1. The molecule has 1 fully saturated rings. The lowest BCUT2D eigenvalue weighted by atomic mass is 9.75. The molecule has 5 rings (SSSR count). The molecular weight excluding hydrogens is 370 g/mol. The number of nitrogens with zero attached hydrogens (tertiary/aromatic N) is 1. The van der Waals surface area contributed by atoms with Crippen molar-refractivity contribution in [2.24, 2.45) is 0 Å². The maximum absolute atomic E-state index is 10.2. The van der Waals surface area contributed by atoms with Crippen LogP contribution in [0.1, 0.15) is 46.9 Å². The van der Waals surface area contributed by atoms with Gasteiger partial charge in [-0.2, -0.15) is 0 Å². The molecule has 0 radical (unpaired) electrons. The Balaban J connectivity index is 1.45. The molecule has 1 saturated heterocycles. The van der Waals surface area contributed by atoms with Crippen molar-refractivity contribution in [3.05, 3.63) is 95.1 Å². The molecule has 0 spiro atoms. The van der Waals surface area contributed by atoms with Gasteiger partial charge in [0.1, 0.15) is 11.5 Å². The van der Waals surface area contributed by atoms with E-state index in [2.05, 4.69) is 59.5 Å². The van der Waals surface area contributed by atoms with Crippen molar-refractivity contribution in [2.75, 3.05) is 26.2 Å². The molecule has 1 N–H and O–H groups in total. The third-order valence-corrected chi connectivity index (χ3v) is 6.63. The highest BCUT2D eigenvalue weighted by molar-refractivity contribution is 5.50. The Morgan fingerprint density at radius 2 is 1.63 bits per heavy atom. The normalized spacial score (nSPS) is 21.2. The van der Waals surface area contributed by atoms with Crippen LogP contribution in [0.25, 0.3) is 0 Å². The summed E-state index contributed by atoms with van der Waals surface area (Å²) in [6.07, 6.45) is 3.79. The van der Waals surface area contributed by atoms with E-state index in [4.69, 9.17) is 4.74 Å². The second-order valence-corrected chi connectivity index (χ2v) is 8.57. The number of phenolic OH excluding ortho intramolecular Hbond substituents is 1. The molecule has 2 heterocycles. The van der Waals surface area contributed by atoms with Crippen molar-refractivity contribution in [2.45, 2.75) is 31.1 Å². The van der Waals surface area contributed by atoms with E-state index < -0.39 is 0 Å². The monoisotopic (exact) mass is 399 g/mol. The van der Waals surface area contributed by atoms with Gasteiger partial charge in [-0.25, -0.2) is 0 Å². The number of rotatable bonds is 5. The molecule has 0 bridgehead atoms. The Labute approximate surface area is 178 Å². The fourth-order valence-electron chi connectivity index (χ4n) is 4.99. The third-order valence-electron chi connectivity index (χ3n) is 6.63. The molecular formula is C27H29NO2. The smallest absolute Gasteiger partial charge is 0.123 e. The van der Waals surface area contributed by atoms with Gasteiger partial charge in [0.15, 0.2) is 0 Å². The van der Waals surface area contributed by atoms with Gasteiger partial charge >= 0.3 is 0 Å². The summed E-state index contributed by atoms with van der Waals surface area (Å²) in [6.45, 7) is 4.29. The lowest BCUT2D eigenvalue weighted by Crippen LogP contribution is -2.25. The first-order valence-corrected chi connectivity index (χ1v) is 11.1. The molecule has 154 valence electrons. The number of fused-ring (bicyclic) bond motifs is 1. The molecule has 3 aromatic rings. The maximum atomic E-state index is 10.2. The van der Waals surface area contributed by atoms with Crippen molar-refractivity contribution < 1.29 is 9.84 Å². The summed E-state index contributed by atoms with van der Waals surface area (Å²) in [7, 11) is 0. The zero-order chi connectivity index (χ0) is 20.3.